The summed E-state index contributed by atoms with van der Waals surface area (Å²) < 4.78 is 42.1. The third kappa shape index (κ3) is 3.49. The van der Waals surface area contributed by atoms with Gasteiger partial charge in [-0.1, -0.05) is 0 Å². The van der Waals surface area contributed by atoms with Gasteiger partial charge in [0.1, 0.15) is 11.8 Å². The Morgan fingerprint density at radius 2 is 1.75 bits per heavy atom. The van der Waals surface area contributed by atoms with E-state index >= 15 is 0 Å². The zero-order chi connectivity index (χ0) is 13.9. The van der Waals surface area contributed by atoms with E-state index in [1.54, 1.807) is 0 Å². The molecule has 1 aliphatic carbocycles. The molecule has 0 aromatic heterocycles. The maximum Gasteiger partial charge on any atom is 0.168 e. The van der Waals surface area contributed by atoms with Gasteiger partial charge in [0.15, 0.2) is 5.79 Å². The summed E-state index contributed by atoms with van der Waals surface area (Å²) in [6, 6.07) is 0. The Kier molecular flexibility index (Phi) is 4.57. The van der Waals surface area contributed by atoms with Crippen molar-refractivity contribution in [2.45, 2.75) is 43.2 Å². The predicted octanol–water partition coefficient (Wildman–Crippen LogP) is 1.44. The molecule has 3 rings (SSSR count). The highest BCUT2D eigenvalue weighted by atomic mass is 19.1. The van der Waals surface area contributed by atoms with Crippen molar-refractivity contribution in [1.82, 2.24) is 0 Å². The van der Waals surface area contributed by atoms with E-state index in [9.17, 15) is 4.39 Å². The lowest BCUT2D eigenvalue weighted by Gasteiger charge is -2.39. The van der Waals surface area contributed by atoms with Crippen molar-refractivity contribution in [3.05, 3.63) is 0 Å². The molecule has 6 heteroatoms. The van der Waals surface area contributed by atoms with Crippen molar-refractivity contribution in [3.8, 4) is 0 Å². The van der Waals surface area contributed by atoms with Gasteiger partial charge in [0, 0.05) is 12.8 Å². The first kappa shape index (κ1) is 14.7. The number of halogens is 1. The molecule has 0 amide bonds. The van der Waals surface area contributed by atoms with Crippen molar-refractivity contribution in [2.75, 3.05) is 46.2 Å². The van der Waals surface area contributed by atoms with Crippen LogP contribution in [-0.2, 0) is 23.7 Å². The largest absolute Gasteiger partial charge is 0.376 e. The van der Waals surface area contributed by atoms with Crippen LogP contribution in [0, 0.1) is 0 Å². The van der Waals surface area contributed by atoms with Gasteiger partial charge in [-0.2, -0.15) is 0 Å². The summed E-state index contributed by atoms with van der Waals surface area (Å²) in [5, 5.41) is 0. The Morgan fingerprint density at radius 1 is 1.00 bits per heavy atom. The SMILES string of the molecule is FC1(COC[C@@H]2COCCO2)CCC2(CC1)OCCO2. The minimum atomic E-state index is -1.27. The number of hydrogen-bond donors (Lipinski definition) is 0. The minimum absolute atomic E-state index is 0.0659. The number of rotatable bonds is 4. The standard InChI is InChI=1S/C14H23FO5/c15-13(11-17-10-12-9-16-5-6-18-12)1-3-14(4-2-13)19-7-8-20-14/h12H,1-11H2/t12-/m0/s1. The molecule has 20 heavy (non-hydrogen) atoms. The molecule has 0 unspecified atom stereocenters. The van der Waals surface area contributed by atoms with Crippen molar-refractivity contribution in [2.24, 2.45) is 0 Å². The van der Waals surface area contributed by atoms with Gasteiger partial charge in [-0.05, 0) is 12.8 Å². The first-order chi connectivity index (χ1) is 9.70. The summed E-state index contributed by atoms with van der Waals surface area (Å²) >= 11 is 0. The molecule has 0 aromatic carbocycles. The first-order valence-corrected chi connectivity index (χ1v) is 7.44. The second kappa shape index (κ2) is 6.23. The third-order valence-corrected chi connectivity index (χ3v) is 4.27. The topological polar surface area (TPSA) is 46.2 Å². The van der Waals surface area contributed by atoms with Gasteiger partial charge < -0.3 is 23.7 Å². The summed E-state index contributed by atoms with van der Waals surface area (Å²) in [4.78, 5) is 0. The molecule has 2 heterocycles. The first-order valence-electron chi connectivity index (χ1n) is 7.44. The van der Waals surface area contributed by atoms with Crippen LogP contribution in [0.1, 0.15) is 25.7 Å². The second-order valence-electron chi connectivity index (χ2n) is 5.84. The van der Waals surface area contributed by atoms with Crippen LogP contribution < -0.4 is 0 Å². The van der Waals surface area contributed by atoms with Gasteiger partial charge in [0.25, 0.3) is 0 Å². The molecular formula is C14H23FO5. The monoisotopic (exact) mass is 290 g/mol. The Morgan fingerprint density at radius 3 is 2.40 bits per heavy atom. The molecule has 0 N–H and O–H groups in total. The van der Waals surface area contributed by atoms with E-state index in [0.29, 0.717) is 65.3 Å². The molecule has 116 valence electrons. The summed E-state index contributed by atoms with van der Waals surface area (Å²) in [6.07, 6.45) is 2.00. The Hall–Kier alpha value is -0.270. The van der Waals surface area contributed by atoms with Crippen molar-refractivity contribution in [1.29, 1.82) is 0 Å². The molecule has 2 aliphatic heterocycles. The van der Waals surface area contributed by atoms with Crippen LogP contribution in [0.25, 0.3) is 0 Å². The van der Waals surface area contributed by atoms with Gasteiger partial charge in [-0.3, -0.25) is 0 Å². The quantitative estimate of drug-likeness (QED) is 0.784. The molecule has 1 spiro atoms. The molecule has 1 saturated carbocycles. The number of ether oxygens (including phenoxy) is 5. The maximum absolute atomic E-state index is 14.7. The lowest BCUT2D eigenvalue weighted by Crippen LogP contribution is -2.44. The molecule has 0 aromatic rings. The molecule has 3 aliphatic rings. The van der Waals surface area contributed by atoms with Crippen LogP contribution in [0.2, 0.25) is 0 Å². The molecule has 3 fully saturated rings. The number of alkyl halides is 1. The molecule has 1 atom stereocenters. The summed E-state index contributed by atoms with van der Waals surface area (Å²) in [7, 11) is 0. The lowest BCUT2D eigenvalue weighted by molar-refractivity contribution is -0.200. The smallest absolute Gasteiger partial charge is 0.168 e. The Bertz CT molecular complexity index is 303. The third-order valence-electron chi connectivity index (χ3n) is 4.27. The van der Waals surface area contributed by atoms with E-state index in [0.717, 1.165) is 0 Å². The average molecular weight is 290 g/mol. The van der Waals surface area contributed by atoms with E-state index in [1.807, 2.05) is 0 Å². The highest BCUT2D eigenvalue weighted by Gasteiger charge is 2.46. The fraction of sp³-hybridized carbons (Fsp3) is 1.00. The van der Waals surface area contributed by atoms with Crippen LogP contribution in [0.15, 0.2) is 0 Å². The predicted molar refractivity (Wildman–Crippen MR) is 68.3 cm³/mol. The Balaban J connectivity index is 1.39. The minimum Gasteiger partial charge on any atom is -0.376 e. The van der Waals surface area contributed by atoms with Gasteiger partial charge >= 0.3 is 0 Å². The zero-order valence-electron chi connectivity index (χ0n) is 11.8. The van der Waals surface area contributed by atoms with Crippen molar-refractivity contribution >= 4 is 0 Å². The maximum atomic E-state index is 14.7. The molecule has 5 nitrogen and oxygen atoms in total. The van der Waals surface area contributed by atoms with Gasteiger partial charge in [0.05, 0.1) is 46.2 Å². The summed E-state index contributed by atoms with van der Waals surface area (Å²) in [6.45, 7) is 3.50. The van der Waals surface area contributed by atoms with Crippen LogP contribution in [-0.4, -0.2) is 63.8 Å². The fourth-order valence-corrected chi connectivity index (χ4v) is 3.02. The van der Waals surface area contributed by atoms with Gasteiger partial charge in [-0.25, -0.2) is 4.39 Å². The van der Waals surface area contributed by atoms with E-state index in [4.69, 9.17) is 23.7 Å². The van der Waals surface area contributed by atoms with Crippen LogP contribution in [0.3, 0.4) is 0 Å². The van der Waals surface area contributed by atoms with Crippen LogP contribution >= 0.6 is 0 Å². The molecule has 0 bridgehead atoms. The lowest BCUT2D eigenvalue weighted by atomic mass is 9.83. The van der Waals surface area contributed by atoms with Gasteiger partial charge in [-0.15, -0.1) is 0 Å². The highest BCUT2D eigenvalue weighted by molar-refractivity contribution is 4.91. The Labute approximate surface area is 118 Å². The molecule has 2 saturated heterocycles. The average Bonchev–Trinajstić information content (AvgIpc) is 2.93. The summed E-state index contributed by atoms with van der Waals surface area (Å²) in [5.74, 6) is -0.518. The normalized spacial score (nSPS) is 32.5. The van der Waals surface area contributed by atoms with Crippen molar-refractivity contribution < 1.29 is 28.1 Å². The second-order valence-corrected chi connectivity index (χ2v) is 5.84. The highest BCUT2D eigenvalue weighted by Crippen LogP contribution is 2.42. The van der Waals surface area contributed by atoms with Gasteiger partial charge in [0.2, 0.25) is 0 Å². The molecular weight excluding hydrogens is 267 g/mol. The van der Waals surface area contributed by atoms with E-state index in [1.165, 1.54) is 0 Å². The van der Waals surface area contributed by atoms with E-state index in [-0.39, 0.29) is 12.7 Å². The number of hydrogen-bond acceptors (Lipinski definition) is 5. The van der Waals surface area contributed by atoms with Crippen LogP contribution in [0.4, 0.5) is 4.39 Å². The fourth-order valence-electron chi connectivity index (χ4n) is 3.02. The summed E-state index contributed by atoms with van der Waals surface area (Å²) in [5.41, 5.74) is -1.27. The van der Waals surface area contributed by atoms with Crippen molar-refractivity contribution in [3.63, 3.8) is 0 Å². The molecule has 0 radical (unpaired) electrons. The van der Waals surface area contributed by atoms with E-state index in [2.05, 4.69) is 0 Å². The van der Waals surface area contributed by atoms with Crippen LogP contribution in [0.5, 0.6) is 0 Å². The van der Waals surface area contributed by atoms with E-state index < -0.39 is 11.5 Å². The zero-order valence-corrected chi connectivity index (χ0v) is 11.8.